The molecule has 2 amide bonds. The molecule has 2 N–H and O–H groups in total. The van der Waals surface area contributed by atoms with E-state index in [4.69, 9.17) is 0 Å². The van der Waals surface area contributed by atoms with Gasteiger partial charge in [0.15, 0.2) is 0 Å². The van der Waals surface area contributed by atoms with Crippen LogP contribution in [0.1, 0.15) is 47.3 Å². The number of hydrogen-bond acceptors (Lipinski definition) is 4. The second-order valence-corrected chi connectivity index (χ2v) is 9.05. The van der Waals surface area contributed by atoms with E-state index < -0.39 is 5.54 Å². The van der Waals surface area contributed by atoms with Crippen LogP contribution in [0.25, 0.3) is 0 Å². The Bertz CT molecular complexity index is 945. The predicted octanol–water partition coefficient (Wildman–Crippen LogP) is 1.43. The van der Waals surface area contributed by atoms with Gasteiger partial charge in [0.05, 0.1) is 12.5 Å². The Morgan fingerprint density at radius 3 is 2.57 bits per heavy atom. The number of rotatable bonds is 4. The maximum atomic E-state index is 13.5. The van der Waals surface area contributed by atoms with Crippen LogP contribution in [-0.2, 0) is 24.7 Å². The van der Waals surface area contributed by atoms with E-state index in [0.717, 1.165) is 45.2 Å². The minimum absolute atomic E-state index is 0.0305. The average molecular weight is 408 g/mol. The van der Waals surface area contributed by atoms with Crippen LogP contribution in [0.5, 0.6) is 0 Å². The molecule has 2 aromatic rings. The molecular weight excluding hydrogens is 378 g/mol. The summed E-state index contributed by atoms with van der Waals surface area (Å²) in [5, 5.41) is 6.51. The Balaban J connectivity index is 1.28. The molecule has 3 aliphatic rings. The number of imidazole rings is 1. The summed E-state index contributed by atoms with van der Waals surface area (Å²) in [6.07, 6.45) is 8.69. The zero-order valence-electron chi connectivity index (χ0n) is 17.4. The van der Waals surface area contributed by atoms with Crippen molar-refractivity contribution in [2.24, 2.45) is 7.05 Å². The molecule has 0 bridgehead atoms. The Hall–Kier alpha value is -2.67. The zero-order valence-corrected chi connectivity index (χ0v) is 17.4. The summed E-state index contributed by atoms with van der Waals surface area (Å²) in [4.78, 5) is 32.6. The minimum atomic E-state index is -0.503. The Morgan fingerprint density at radius 2 is 1.87 bits per heavy atom. The number of piperidine rings is 1. The molecule has 1 aliphatic carbocycles. The fraction of sp³-hybridized carbons (Fsp3) is 0.522. The van der Waals surface area contributed by atoms with Crippen LogP contribution in [0.2, 0.25) is 0 Å². The standard InChI is InChI=1S/C23H29N5O2/c1-27-15-24-13-20(27)21(29)25-19-12-23(8-4-5-9-28(23)14-19)22(30)26-18-10-16-6-2-3-7-17(16)11-18/h2-3,6-7,13,15,18-19H,4-5,8-12,14H2,1H3,(H,25,29)(H,26,30)/t19-,23-/m0/s1. The largest absolute Gasteiger partial charge is 0.351 e. The van der Waals surface area contributed by atoms with Gasteiger partial charge in [0.1, 0.15) is 11.2 Å². The third-order valence-electron chi connectivity index (χ3n) is 7.09. The highest BCUT2D eigenvalue weighted by Gasteiger charge is 2.52. The number of benzene rings is 1. The fourth-order valence-electron chi connectivity index (χ4n) is 5.59. The molecule has 7 heteroatoms. The van der Waals surface area contributed by atoms with E-state index in [1.807, 2.05) is 7.05 Å². The van der Waals surface area contributed by atoms with E-state index in [1.54, 1.807) is 17.1 Å². The third-order valence-corrected chi connectivity index (χ3v) is 7.09. The number of carbonyl (C=O) groups is 2. The summed E-state index contributed by atoms with van der Waals surface area (Å²) < 4.78 is 1.72. The number of nitrogens with one attached hydrogen (secondary N) is 2. The van der Waals surface area contributed by atoms with Crippen molar-refractivity contribution < 1.29 is 9.59 Å². The molecule has 2 atom stereocenters. The number of aromatic nitrogens is 2. The van der Waals surface area contributed by atoms with Gasteiger partial charge < -0.3 is 15.2 Å². The molecule has 1 aromatic heterocycles. The van der Waals surface area contributed by atoms with Crippen molar-refractivity contribution in [1.82, 2.24) is 25.1 Å². The first-order valence-corrected chi connectivity index (χ1v) is 11.0. The van der Waals surface area contributed by atoms with E-state index >= 15 is 0 Å². The van der Waals surface area contributed by atoms with Gasteiger partial charge in [-0.15, -0.1) is 0 Å². The van der Waals surface area contributed by atoms with Crippen LogP contribution in [0.4, 0.5) is 0 Å². The summed E-state index contributed by atoms with van der Waals surface area (Å²) in [5.74, 6) is 0.0129. The normalized spacial score (nSPS) is 26.2. The first-order valence-electron chi connectivity index (χ1n) is 11.0. The van der Waals surface area contributed by atoms with Gasteiger partial charge >= 0.3 is 0 Å². The molecule has 158 valence electrons. The monoisotopic (exact) mass is 407 g/mol. The minimum Gasteiger partial charge on any atom is -0.351 e. The first-order chi connectivity index (χ1) is 14.5. The lowest BCUT2D eigenvalue weighted by Crippen LogP contribution is -2.59. The zero-order chi connectivity index (χ0) is 20.7. The average Bonchev–Trinajstić information content (AvgIpc) is 3.43. The van der Waals surface area contributed by atoms with Crippen LogP contribution < -0.4 is 10.6 Å². The molecule has 0 radical (unpaired) electrons. The number of hydrogen-bond donors (Lipinski definition) is 2. The van der Waals surface area contributed by atoms with Crippen molar-refractivity contribution in [3.05, 3.63) is 53.6 Å². The molecule has 2 aliphatic heterocycles. The van der Waals surface area contributed by atoms with Gasteiger partial charge in [-0.05, 0) is 56.2 Å². The summed E-state index contributed by atoms with van der Waals surface area (Å²) in [6, 6.07) is 8.58. The topological polar surface area (TPSA) is 79.3 Å². The molecule has 0 unspecified atom stereocenters. The highest BCUT2D eigenvalue weighted by Crippen LogP contribution is 2.38. The molecule has 1 aromatic carbocycles. The van der Waals surface area contributed by atoms with Gasteiger partial charge in [-0.3, -0.25) is 14.5 Å². The number of amides is 2. The van der Waals surface area contributed by atoms with Gasteiger partial charge in [-0.2, -0.15) is 0 Å². The van der Waals surface area contributed by atoms with E-state index in [9.17, 15) is 9.59 Å². The van der Waals surface area contributed by atoms with Crippen LogP contribution in [0, 0.1) is 0 Å². The van der Waals surface area contributed by atoms with Gasteiger partial charge in [0.25, 0.3) is 5.91 Å². The molecular formula is C23H29N5O2. The Morgan fingerprint density at radius 1 is 1.10 bits per heavy atom. The van der Waals surface area contributed by atoms with Gasteiger partial charge in [-0.1, -0.05) is 24.3 Å². The second-order valence-electron chi connectivity index (χ2n) is 9.05. The SMILES string of the molecule is Cn1cncc1C(=O)N[C@@H]1CN2CCCC[C@@]2(C(=O)NC2Cc3ccccc3C2)C1. The van der Waals surface area contributed by atoms with Gasteiger partial charge in [0.2, 0.25) is 5.91 Å². The highest BCUT2D eigenvalue weighted by atomic mass is 16.2. The number of aryl methyl sites for hydroxylation is 1. The lowest BCUT2D eigenvalue weighted by Gasteiger charge is -2.41. The molecule has 5 rings (SSSR count). The maximum Gasteiger partial charge on any atom is 0.269 e. The Labute approximate surface area is 176 Å². The van der Waals surface area contributed by atoms with Crippen molar-refractivity contribution in [1.29, 1.82) is 0 Å². The second kappa shape index (κ2) is 7.54. The van der Waals surface area contributed by atoms with E-state index in [2.05, 4.69) is 44.8 Å². The first kappa shape index (κ1) is 19.3. The number of fused-ring (bicyclic) bond motifs is 2. The number of carbonyl (C=O) groups excluding carboxylic acids is 2. The molecule has 3 heterocycles. The van der Waals surface area contributed by atoms with Crippen molar-refractivity contribution in [2.75, 3.05) is 13.1 Å². The van der Waals surface area contributed by atoms with E-state index in [1.165, 1.54) is 11.1 Å². The smallest absolute Gasteiger partial charge is 0.269 e. The van der Waals surface area contributed by atoms with Crippen LogP contribution in [-0.4, -0.2) is 57.0 Å². The van der Waals surface area contributed by atoms with E-state index in [0.29, 0.717) is 12.1 Å². The van der Waals surface area contributed by atoms with Crippen molar-refractivity contribution in [3.8, 4) is 0 Å². The van der Waals surface area contributed by atoms with Gasteiger partial charge in [-0.25, -0.2) is 4.98 Å². The molecule has 2 saturated heterocycles. The lowest BCUT2D eigenvalue weighted by molar-refractivity contribution is -0.134. The fourth-order valence-corrected chi connectivity index (χ4v) is 5.59. The van der Waals surface area contributed by atoms with Crippen LogP contribution in [0.3, 0.4) is 0 Å². The quantitative estimate of drug-likeness (QED) is 0.804. The van der Waals surface area contributed by atoms with Gasteiger partial charge in [0, 0.05) is 25.7 Å². The third kappa shape index (κ3) is 3.31. The van der Waals surface area contributed by atoms with Crippen LogP contribution in [0.15, 0.2) is 36.8 Å². The van der Waals surface area contributed by atoms with Crippen molar-refractivity contribution >= 4 is 11.8 Å². The molecule has 0 spiro atoms. The highest BCUT2D eigenvalue weighted by molar-refractivity contribution is 5.93. The summed E-state index contributed by atoms with van der Waals surface area (Å²) in [6.45, 7) is 1.64. The summed E-state index contributed by atoms with van der Waals surface area (Å²) >= 11 is 0. The van der Waals surface area contributed by atoms with E-state index in [-0.39, 0.29) is 23.9 Å². The Kier molecular flexibility index (Phi) is 4.85. The predicted molar refractivity (Wildman–Crippen MR) is 113 cm³/mol. The molecule has 0 saturated carbocycles. The maximum absolute atomic E-state index is 13.5. The molecule has 7 nitrogen and oxygen atoms in total. The summed E-state index contributed by atoms with van der Waals surface area (Å²) in [5.41, 5.74) is 2.72. The number of nitrogens with zero attached hydrogens (tertiary/aromatic N) is 3. The van der Waals surface area contributed by atoms with Crippen molar-refractivity contribution in [2.45, 2.75) is 56.1 Å². The van der Waals surface area contributed by atoms with Crippen LogP contribution >= 0.6 is 0 Å². The van der Waals surface area contributed by atoms with Crippen molar-refractivity contribution in [3.63, 3.8) is 0 Å². The lowest BCUT2D eigenvalue weighted by atomic mass is 9.84. The summed E-state index contributed by atoms with van der Waals surface area (Å²) in [7, 11) is 1.81. The molecule has 30 heavy (non-hydrogen) atoms. The molecule has 2 fully saturated rings.